The number of likely N-dealkylation sites (N-methyl/N-ethyl adjacent to an activating group) is 3. The molecule has 6 N–H and O–H groups in total. The summed E-state index contributed by atoms with van der Waals surface area (Å²) in [6, 6.07) is 10.9. The Kier molecular flexibility index (Phi) is 15.6. The lowest BCUT2D eigenvalue weighted by molar-refractivity contribution is -0.155. The Morgan fingerprint density at radius 2 is 1.81 bits per heavy atom. The van der Waals surface area contributed by atoms with E-state index in [0.29, 0.717) is 43.4 Å². The first-order valence-electron chi connectivity index (χ1n) is 23.8. The number of cyclic esters (lactones) is 1. The number of aliphatic hydroxyl groups excluding tert-OH is 1. The van der Waals surface area contributed by atoms with Crippen molar-refractivity contribution in [3.63, 3.8) is 0 Å². The number of phenols is 1. The number of hydrogen-bond acceptors (Lipinski definition) is 13. The minimum Gasteiger partial charge on any atom is -0.508 e. The molecule has 1 aromatic heterocycles. The van der Waals surface area contributed by atoms with Gasteiger partial charge in [0, 0.05) is 69.1 Å². The van der Waals surface area contributed by atoms with Crippen LogP contribution in [-0.2, 0) is 39.9 Å². The number of hydrogen-bond donors (Lipinski definition) is 5. The molecule has 2 fully saturated rings. The summed E-state index contributed by atoms with van der Waals surface area (Å²) >= 11 is 0. The SMILES string of the molecule is CCN1c2ccc3cc2/C(=C\C(C)(C)COC(=O)[C@@H]2CCCN(N2)C(=O)[C@@H](NC(=O)[C@H](C2CCCC2)N(C)C(=O)CN(C)C(=O)[C@H](N)CO)Cc2cc(O)cc-3c2)C1c1cccnc1[C@H](C)OC. The van der Waals surface area contributed by atoms with Gasteiger partial charge in [0.05, 0.1) is 37.6 Å². The van der Waals surface area contributed by atoms with Gasteiger partial charge in [0.15, 0.2) is 0 Å². The number of fused-ring (bicyclic) bond motifs is 6. The number of hydrazine groups is 1. The second-order valence-corrected chi connectivity index (χ2v) is 19.4. The standard InChI is InChI=1S/C51H68N8O9/c1-8-58-42-18-17-33-25-37(42)38(46(58)36-15-11-19-53-44(36)30(2)67-7)26-51(3,4)29-68-50(66)40-16-12-20-59(55-40)49(65)41(23-31-21-34(33)24-35(61)22-31)54-47(63)45(32-13-9-10-14-32)57(6)43(62)27-56(5)48(64)39(52)28-60/h11,15,17-19,21-22,24-26,30,32,39-41,45-46,55,60-61H,8-10,12-14,16,20,23,27-29,52H2,1-7H3,(H,54,63)/b38-26+/t30-,39+,40-,41-,45-,46?/m0/s1. The number of aromatic hydroxyl groups is 1. The zero-order valence-corrected chi connectivity index (χ0v) is 40.4. The molecule has 2 aromatic carbocycles. The molecule has 1 saturated carbocycles. The fourth-order valence-corrected chi connectivity index (χ4v) is 10.3. The fourth-order valence-electron chi connectivity index (χ4n) is 10.3. The third kappa shape index (κ3) is 10.7. The summed E-state index contributed by atoms with van der Waals surface area (Å²) in [6.45, 7) is 8.13. The first kappa shape index (κ1) is 50.0. The van der Waals surface area contributed by atoms with Gasteiger partial charge in [-0.3, -0.25) is 34.0 Å². The monoisotopic (exact) mass is 937 g/mol. The number of phenolic OH excluding ortho intramolecular Hbond substituents is 1. The first-order chi connectivity index (χ1) is 32.4. The maximum atomic E-state index is 14.8. The number of nitrogens with zero attached hydrogens (tertiary/aromatic N) is 5. The summed E-state index contributed by atoms with van der Waals surface area (Å²) in [5, 5.41) is 25.2. The lowest BCUT2D eigenvalue weighted by Gasteiger charge is -2.37. The Balaban J connectivity index is 1.29. The highest BCUT2D eigenvalue weighted by atomic mass is 16.5. The molecule has 4 heterocycles. The molecular formula is C51H68N8O9. The number of ether oxygens (including phenoxy) is 2. The fraction of sp³-hybridized carbons (Fsp3) is 0.529. The summed E-state index contributed by atoms with van der Waals surface area (Å²) in [5.41, 5.74) is 15.0. The molecule has 366 valence electrons. The molecule has 3 aromatic rings. The molecule has 3 aliphatic heterocycles. The van der Waals surface area contributed by atoms with Crippen LogP contribution in [0.15, 0.2) is 60.8 Å². The van der Waals surface area contributed by atoms with Gasteiger partial charge in [-0.1, -0.05) is 51.0 Å². The van der Waals surface area contributed by atoms with Crippen molar-refractivity contribution in [2.75, 3.05) is 59.0 Å². The van der Waals surface area contributed by atoms with E-state index in [4.69, 9.17) is 20.2 Å². The Bertz CT molecular complexity index is 2400. The van der Waals surface area contributed by atoms with Gasteiger partial charge in [-0.05, 0) is 98.0 Å². The number of esters is 1. The predicted octanol–water partition coefficient (Wildman–Crippen LogP) is 4.03. The van der Waals surface area contributed by atoms with Gasteiger partial charge in [-0.2, -0.15) is 0 Å². The van der Waals surface area contributed by atoms with E-state index >= 15 is 0 Å². The van der Waals surface area contributed by atoms with E-state index in [1.165, 1.54) is 24.0 Å². The van der Waals surface area contributed by atoms with Crippen molar-refractivity contribution in [1.29, 1.82) is 0 Å². The molecule has 1 saturated heterocycles. The number of benzene rings is 2. The highest BCUT2D eigenvalue weighted by molar-refractivity contribution is 5.95. The zero-order chi connectivity index (χ0) is 49.0. The number of methoxy groups -OCH3 is 1. The average molecular weight is 937 g/mol. The second kappa shape index (κ2) is 21.2. The molecule has 6 bridgehead atoms. The normalized spacial score (nSPS) is 22.8. The number of aliphatic hydroxyl groups is 1. The number of anilines is 1. The molecule has 4 aliphatic rings. The maximum Gasteiger partial charge on any atom is 0.324 e. The quantitative estimate of drug-likeness (QED) is 0.162. The van der Waals surface area contributed by atoms with Crippen molar-refractivity contribution >= 4 is 40.9 Å². The number of nitrogens with one attached hydrogen (secondary N) is 2. The van der Waals surface area contributed by atoms with Gasteiger partial charge in [0.2, 0.25) is 17.7 Å². The molecule has 7 rings (SSSR count). The van der Waals surface area contributed by atoms with Crippen LogP contribution in [0.4, 0.5) is 5.69 Å². The number of amides is 4. The minimum absolute atomic E-state index is 0.0314. The van der Waals surface area contributed by atoms with E-state index in [-0.39, 0.29) is 49.9 Å². The number of carbonyl (C=O) groups is 5. The third-order valence-corrected chi connectivity index (χ3v) is 13.9. The van der Waals surface area contributed by atoms with E-state index < -0.39 is 65.8 Å². The maximum absolute atomic E-state index is 14.8. The molecule has 4 amide bonds. The van der Waals surface area contributed by atoms with Gasteiger partial charge < -0.3 is 45.4 Å². The second-order valence-electron chi connectivity index (χ2n) is 19.4. The molecule has 0 spiro atoms. The molecule has 1 aliphatic carbocycles. The zero-order valence-electron chi connectivity index (χ0n) is 40.4. The average Bonchev–Trinajstić information content (AvgIpc) is 3.97. The molecule has 1 unspecified atom stereocenters. The lowest BCUT2D eigenvalue weighted by atomic mass is 9.85. The van der Waals surface area contributed by atoms with Crippen LogP contribution in [0.25, 0.3) is 16.7 Å². The van der Waals surface area contributed by atoms with E-state index in [0.717, 1.165) is 51.4 Å². The lowest BCUT2D eigenvalue weighted by Crippen LogP contribution is -2.62. The van der Waals surface area contributed by atoms with Crippen LogP contribution in [0.3, 0.4) is 0 Å². The summed E-state index contributed by atoms with van der Waals surface area (Å²) in [7, 11) is 4.59. The number of nitrogens with two attached hydrogens (primary N) is 1. The van der Waals surface area contributed by atoms with Gasteiger partial charge in [0.1, 0.15) is 29.9 Å². The van der Waals surface area contributed by atoms with Crippen LogP contribution in [-0.4, -0.2) is 138 Å². The predicted molar refractivity (Wildman–Crippen MR) is 256 cm³/mol. The van der Waals surface area contributed by atoms with Crippen LogP contribution < -0.4 is 21.4 Å². The Hall–Kier alpha value is -5.88. The van der Waals surface area contributed by atoms with Crippen molar-refractivity contribution < 1.29 is 43.7 Å². The summed E-state index contributed by atoms with van der Waals surface area (Å²) in [5.74, 6) is -2.95. The van der Waals surface area contributed by atoms with Gasteiger partial charge in [-0.25, -0.2) is 5.43 Å². The molecule has 17 nitrogen and oxygen atoms in total. The third-order valence-electron chi connectivity index (χ3n) is 13.9. The summed E-state index contributed by atoms with van der Waals surface area (Å²) in [6.07, 6.45) is 7.58. The van der Waals surface area contributed by atoms with Crippen molar-refractivity contribution in [3.05, 3.63) is 83.2 Å². The highest BCUT2D eigenvalue weighted by Crippen LogP contribution is 2.52. The number of aromatic nitrogens is 1. The minimum atomic E-state index is -1.20. The van der Waals surface area contributed by atoms with Gasteiger partial charge >= 0.3 is 5.97 Å². The van der Waals surface area contributed by atoms with Crippen LogP contribution in [0, 0.1) is 11.3 Å². The number of pyridine rings is 1. The van der Waals surface area contributed by atoms with Gasteiger partial charge in [-0.15, -0.1) is 0 Å². The largest absolute Gasteiger partial charge is 0.508 e. The van der Waals surface area contributed by atoms with E-state index in [9.17, 15) is 34.2 Å². The molecular weight excluding hydrogens is 869 g/mol. The van der Waals surface area contributed by atoms with Crippen LogP contribution in [0.1, 0.15) is 101 Å². The van der Waals surface area contributed by atoms with Crippen LogP contribution >= 0.6 is 0 Å². The van der Waals surface area contributed by atoms with Crippen molar-refractivity contribution in [2.45, 2.75) is 109 Å². The van der Waals surface area contributed by atoms with Crippen LogP contribution in [0.5, 0.6) is 5.75 Å². The highest BCUT2D eigenvalue weighted by Gasteiger charge is 2.42. The summed E-state index contributed by atoms with van der Waals surface area (Å²) in [4.78, 5) is 79.6. The topological polar surface area (TPSA) is 220 Å². The number of carbonyl (C=O) groups excluding carboxylic acids is 5. The van der Waals surface area contributed by atoms with E-state index in [1.807, 2.05) is 39.0 Å². The Morgan fingerprint density at radius 3 is 2.51 bits per heavy atom. The molecule has 68 heavy (non-hydrogen) atoms. The number of rotatable bonds is 12. The smallest absolute Gasteiger partial charge is 0.324 e. The van der Waals surface area contributed by atoms with Crippen LogP contribution in [0.2, 0.25) is 0 Å². The van der Waals surface area contributed by atoms with E-state index in [2.05, 4.69) is 46.8 Å². The van der Waals surface area contributed by atoms with Crippen molar-refractivity contribution in [2.24, 2.45) is 17.1 Å². The Labute approximate surface area is 399 Å². The Morgan fingerprint density at radius 1 is 1.06 bits per heavy atom. The summed E-state index contributed by atoms with van der Waals surface area (Å²) < 4.78 is 11.9. The van der Waals surface area contributed by atoms with Gasteiger partial charge in [0.25, 0.3) is 5.91 Å². The van der Waals surface area contributed by atoms with Crippen molar-refractivity contribution in [3.8, 4) is 16.9 Å². The molecule has 17 heteroatoms. The molecule has 0 radical (unpaired) electrons. The van der Waals surface area contributed by atoms with E-state index in [1.54, 1.807) is 25.4 Å². The van der Waals surface area contributed by atoms with Crippen molar-refractivity contribution in [1.82, 2.24) is 30.5 Å². The first-order valence-corrected chi connectivity index (χ1v) is 23.8. The molecule has 6 atom stereocenters.